The maximum Gasteiger partial charge on any atom is 0.194 e. The van der Waals surface area contributed by atoms with Crippen molar-refractivity contribution < 1.29 is 0 Å². The standard InChI is InChI=1S/C12H17N3S/c1-4-10(6-13)5-11-9(3)14-12-15(11)7-8(2)16-12/h5,7H,4,6,13H2,1-3H3. The average Bonchev–Trinajstić information content (AvgIpc) is 2.72. The average molecular weight is 235 g/mol. The molecule has 2 aromatic heterocycles. The molecule has 0 bridgehead atoms. The lowest BCUT2D eigenvalue weighted by atomic mass is 10.1. The van der Waals surface area contributed by atoms with Crippen LogP contribution in [0.5, 0.6) is 0 Å². The minimum Gasteiger partial charge on any atom is -0.327 e. The van der Waals surface area contributed by atoms with Crippen molar-refractivity contribution >= 4 is 22.4 Å². The first-order chi connectivity index (χ1) is 7.65. The van der Waals surface area contributed by atoms with Gasteiger partial charge in [-0.05, 0) is 26.3 Å². The van der Waals surface area contributed by atoms with Gasteiger partial charge in [-0.25, -0.2) is 4.98 Å². The Morgan fingerprint density at radius 2 is 2.31 bits per heavy atom. The summed E-state index contributed by atoms with van der Waals surface area (Å²) in [5.74, 6) is 0. The van der Waals surface area contributed by atoms with Crippen molar-refractivity contribution in [2.24, 2.45) is 5.73 Å². The molecule has 0 aliphatic rings. The first-order valence-corrected chi connectivity index (χ1v) is 6.32. The van der Waals surface area contributed by atoms with Crippen molar-refractivity contribution in [1.29, 1.82) is 0 Å². The molecule has 0 amide bonds. The SMILES string of the molecule is CCC(=Cc1c(C)nc2sc(C)cn12)CN. The van der Waals surface area contributed by atoms with Crippen molar-refractivity contribution in [3.05, 3.63) is 28.0 Å². The molecule has 4 heteroatoms. The van der Waals surface area contributed by atoms with Gasteiger partial charge < -0.3 is 5.73 Å². The molecule has 2 aromatic rings. The summed E-state index contributed by atoms with van der Waals surface area (Å²) in [7, 11) is 0. The van der Waals surface area contributed by atoms with Crippen molar-refractivity contribution in [3.8, 4) is 0 Å². The fraction of sp³-hybridized carbons (Fsp3) is 0.417. The highest BCUT2D eigenvalue weighted by Gasteiger charge is 2.09. The number of hydrogen-bond acceptors (Lipinski definition) is 3. The number of thiazole rings is 1. The predicted molar refractivity (Wildman–Crippen MR) is 69.9 cm³/mol. The van der Waals surface area contributed by atoms with E-state index in [1.165, 1.54) is 16.1 Å². The van der Waals surface area contributed by atoms with Crippen LogP contribution < -0.4 is 5.73 Å². The molecular weight excluding hydrogens is 218 g/mol. The number of nitrogens with zero attached hydrogens (tertiary/aromatic N) is 2. The van der Waals surface area contributed by atoms with Crippen molar-refractivity contribution in [2.75, 3.05) is 6.54 Å². The number of fused-ring (bicyclic) bond motifs is 1. The molecule has 0 saturated carbocycles. The zero-order chi connectivity index (χ0) is 11.7. The number of aromatic nitrogens is 2. The van der Waals surface area contributed by atoms with Gasteiger partial charge in [0.2, 0.25) is 0 Å². The number of rotatable bonds is 3. The summed E-state index contributed by atoms with van der Waals surface area (Å²) >= 11 is 1.72. The lowest BCUT2D eigenvalue weighted by molar-refractivity contribution is 1.01. The molecule has 2 N–H and O–H groups in total. The molecule has 0 unspecified atom stereocenters. The molecule has 86 valence electrons. The molecule has 3 nitrogen and oxygen atoms in total. The van der Waals surface area contributed by atoms with Gasteiger partial charge in [0.25, 0.3) is 0 Å². The van der Waals surface area contributed by atoms with Crippen LogP contribution in [0.4, 0.5) is 0 Å². The van der Waals surface area contributed by atoms with E-state index in [1.54, 1.807) is 11.3 Å². The minimum atomic E-state index is 0.617. The van der Waals surface area contributed by atoms with Gasteiger partial charge in [-0.2, -0.15) is 0 Å². The number of imidazole rings is 1. The highest BCUT2D eigenvalue weighted by atomic mass is 32.1. The maximum absolute atomic E-state index is 5.70. The summed E-state index contributed by atoms with van der Waals surface area (Å²) in [4.78, 5) is 6.90. The van der Waals surface area contributed by atoms with E-state index in [2.05, 4.69) is 35.5 Å². The van der Waals surface area contributed by atoms with Crippen LogP contribution in [0.3, 0.4) is 0 Å². The van der Waals surface area contributed by atoms with E-state index in [1.807, 2.05) is 6.92 Å². The van der Waals surface area contributed by atoms with E-state index < -0.39 is 0 Å². The summed E-state index contributed by atoms with van der Waals surface area (Å²) in [5.41, 5.74) is 9.20. The Hall–Kier alpha value is -1.13. The van der Waals surface area contributed by atoms with Crippen LogP contribution in [0.25, 0.3) is 11.0 Å². The molecule has 2 heterocycles. The van der Waals surface area contributed by atoms with E-state index in [9.17, 15) is 0 Å². The second-order valence-corrected chi connectivity index (χ2v) is 5.15. The van der Waals surface area contributed by atoms with E-state index in [-0.39, 0.29) is 0 Å². The minimum absolute atomic E-state index is 0.617. The molecule has 16 heavy (non-hydrogen) atoms. The van der Waals surface area contributed by atoms with E-state index in [0.717, 1.165) is 17.1 Å². The molecule has 0 spiro atoms. The van der Waals surface area contributed by atoms with Crippen LogP contribution in [0.15, 0.2) is 11.8 Å². The van der Waals surface area contributed by atoms with Gasteiger partial charge in [-0.15, -0.1) is 11.3 Å². The third kappa shape index (κ3) is 1.90. The normalized spacial score (nSPS) is 12.6. The highest BCUT2D eigenvalue weighted by molar-refractivity contribution is 7.17. The molecule has 0 aliphatic carbocycles. The summed E-state index contributed by atoms with van der Waals surface area (Å²) in [6, 6.07) is 0. The second-order valence-electron chi connectivity index (χ2n) is 3.94. The van der Waals surface area contributed by atoms with Gasteiger partial charge in [0.15, 0.2) is 4.96 Å². The number of hydrogen-bond donors (Lipinski definition) is 1. The molecular formula is C12H17N3S. The lowest BCUT2D eigenvalue weighted by Crippen LogP contribution is -2.02. The summed E-state index contributed by atoms with van der Waals surface area (Å²) in [6.45, 7) is 6.90. The molecule has 0 aliphatic heterocycles. The van der Waals surface area contributed by atoms with Crippen LogP contribution in [0.1, 0.15) is 29.6 Å². The van der Waals surface area contributed by atoms with Crippen LogP contribution >= 0.6 is 11.3 Å². The summed E-state index contributed by atoms with van der Waals surface area (Å²) in [5, 5.41) is 0. The van der Waals surface area contributed by atoms with E-state index >= 15 is 0 Å². The third-order valence-electron chi connectivity index (χ3n) is 2.72. The van der Waals surface area contributed by atoms with Crippen LogP contribution in [-0.4, -0.2) is 15.9 Å². The van der Waals surface area contributed by atoms with Crippen LogP contribution in [0, 0.1) is 13.8 Å². The molecule has 0 aromatic carbocycles. The Morgan fingerprint density at radius 3 is 2.94 bits per heavy atom. The third-order valence-corrected chi connectivity index (χ3v) is 3.62. The number of aryl methyl sites for hydroxylation is 2. The van der Waals surface area contributed by atoms with Gasteiger partial charge in [0.05, 0.1) is 11.4 Å². The van der Waals surface area contributed by atoms with E-state index in [0.29, 0.717) is 6.54 Å². The Bertz CT molecular complexity index is 528. The highest BCUT2D eigenvalue weighted by Crippen LogP contribution is 2.22. The largest absolute Gasteiger partial charge is 0.327 e. The van der Waals surface area contributed by atoms with Gasteiger partial charge in [-0.3, -0.25) is 4.40 Å². The Labute approximate surface area is 99.6 Å². The molecule has 0 saturated heterocycles. The van der Waals surface area contributed by atoms with Crippen molar-refractivity contribution in [2.45, 2.75) is 27.2 Å². The van der Waals surface area contributed by atoms with Gasteiger partial charge >= 0.3 is 0 Å². The van der Waals surface area contributed by atoms with Crippen molar-refractivity contribution in [3.63, 3.8) is 0 Å². The summed E-state index contributed by atoms with van der Waals surface area (Å²) < 4.78 is 2.15. The van der Waals surface area contributed by atoms with Crippen molar-refractivity contribution in [1.82, 2.24) is 9.38 Å². The Balaban J connectivity index is 2.57. The topological polar surface area (TPSA) is 43.3 Å². The molecule has 0 radical (unpaired) electrons. The first-order valence-electron chi connectivity index (χ1n) is 5.50. The molecule has 0 atom stereocenters. The second kappa shape index (κ2) is 4.39. The quantitative estimate of drug-likeness (QED) is 0.889. The fourth-order valence-corrected chi connectivity index (χ4v) is 2.63. The number of nitrogens with two attached hydrogens (primary N) is 1. The zero-order valence-electron chi connectivity index (χ0n) is 9.95. The van der Waals surface area contributed by atoms with Gasteiger partial charge in [-0.1, -0.05) is 12.5 Å². The maximum atomic E-state index is 5.70. The van der Waals surface area contributed by atoms with Gasteiger partial charge in [0, 0.05) is 17.6 Å². The summed E-state index contributed by atoms with van der Waals surface area (Å²) in [6.07, 6.45) is 5.30. The van der Waals surface area contributed by atoms with E-state index in [4.69, 9.17) is 5.73 Å². The Kier molecular flexibility index (Phi) is 3.12. The fourth-order valence-electron chi connectivity index (χ4n) is 1.75. The Morgan fingerprint density at radius 1 is 1.56 bits per heavy atom. The molecule has 2 rings (SSSR count). The smallest absolute Gasteiger partial charge is 0.194 e. The monoisotopic (exact) mass is 235 g/mol. The first kappa shape index (κ1) is 11.4. The lowest BCUT2D eigenvalue weighted by Gasteiger charge is -2.00. The van der Waals surface area contributed by atoms with Crippen LogP contribution in [0.2, 0.25) is 0 Å². The zero-order valence-corrected chi connectivity index (χ0v) is 10.8. The van der Waals surface area contributed by atoms with Crippen LogP contribution in [-0.2, 0) is 0 Å². The predicted octanol–water partition coefficient (Wildman–Crippen LogP) is 2.76. The molecule has 0 fully saturated rings. The van der Waals surface area contributed by atoms with Gasteiger partial charge in [0.1, 0.15) is 0 Å².